The Morgan fingerprint density at radius 3 is 3.07 bits per heavy atom. The van der Waals surface area contributed by atoms with Crippen molar-refractivity contribution in [3.8, 4) is 0 Å². The molecule has 4 heteroatoms. The molecule has 3 nitrogen and oxygen atoms in total. The number of rotatable bonds is 4. The minimum atomic E-state index is -0.245. The van der Waals surface area contributed by atoms with Gasteiger partial charge in [-0.3, -0.25) is 4.79 Å². The summed E-state index contributed by atoms with van der Waals surface area (Å²) in [5, 5.41) is 0. The van der Waals surface area contributed by atoms with E-state index in [4.69, 9.17) is 5.73 Å². The standard InChI is InChI=1S/C10H20N2OS/c1-8(7-14-2)6-12-5-3-4-9(11)10(12)13/h8-9H,3-7,11H2,1-2H3. The fourth-order valence-electron chi connectivity index (χ4n) is 1.86. The summed E-state index contributed by atoms with van der Waals surface area (Å²) in [7, 11) is 0. The van der Waals surface area contributed by atoms with Crippen LogP contribution >= 0.6 is 11.8 Å². The number of amides is 1. The molecule has 1 fully saturated rings. The number of hydrogen-bond donors (Lipinski definition) is 1. The van der Waals surface area contributed by atoms with E-state index in [2.05, 4.69) is 13.2 Å². The Bertz CT molecular complexity index is 199. The van der Waals surface area contributed by atoms with E-state index in [-0.39, 0.29) is 11.9 Å². The van der Waals surface area contributed by atoms with E-state index in [0.717, 1.165) is 31.7 Å². The molecule has 1 aliphatic heterocycles. The molecule has 2 atom stereocenters. The van der Waals surface area contributed by atoms with Crippen molar-refractivity contribution in [1.29, 1.82) is 0 Å². The molecule has 14 heavy (non-hydrogen) atoms. The highest BCUT2D eigenvalue weighted by atomic mass is 32.2. The molecule has 0 saturated carbocycles. The van der Waals surface area contributed by atoms with Crippen LogP contribution < -0.4 is 5.73 Å². The lowest BCUT2D eigenvalue weighted by atomic mass is 10.0. The van der Waals surface area contributed by atoms with Gasteiger partial charge in [-0.2, -0.15) is 11.8 Å². The van der Waals surface area contributed by atoms with Gasteiger partial charge in [-0.1, -0.05) is 6.92 Å². The number of nitrogens with two attached hydrogens (primary N) is 1. The minimum absolute atomic E-state index is 0.143. The number of carbonyl (C=O) groups is 1. The quantitative estimate of drug-likeness (QED) is 0.760. The van der Waals surface area contributed by atoms with Crippen LogP contribution in [0.5, 0.6) is 0 Å². The van der Waals surface area contributed by atoms with Gasteiger partial charge in [-0.25, -0.2) is 0 Å². The summed E-state index contributed by atoms with van der Waals surface area (Å²) in [6, 6.07) is -0.245. The highest BCUT2D eigenvalue weighted by molar-refractivity contribution is 7.98. The van der Waals surface area contributed by atoms with E-state index >= 15 is 0 Å². The largest absolute Gasteiger partial charge is 0.341 e. The number of nitrogens with zero attached hydrogens (tertiary/aromatic N) is 1. The summed E-state index contributed by atoms with van der Waals surface area (Å²) in [4.78, 5) is 13.6. The summed E-state index contributed by atoms with van der Waals surface area (Å²) < 4.78 is 0. The van der Waals surface area contributed by atoms with Gasteiger partial charge in [0.05, 0.1) is 6.04 Å². The Hall–Kier alpha value is -0.220. The van der Waals surface area contributed by atoms with Crippen LogP contribution in [-0.2, 0) is 4.79 Å². The van der Waals surface area contributed by atoms with Gasteiger partial charge in [0.15, 0.2) is 0 Å². The van der Waals surface area contributed by atoms with Crippen LogP contribution in [0.25, 0.3) is 0 Å². The fraction of sp³-hybridized carbons (Fsp3) is 0.900. The zero-order valence-electron chi connectivity index (χ0n) is 9.03. The van der Waals surface area contributed by atoms with Gasteiger partial charge in [-0.05, 0) is 30.8 Å². The smallest absolute Gasteiger partial charge is 0.239 e. The average molecular weight is 216 g/mol. The zero-order chi connectivity index (χ0) is 10.6. The second kappa shape index (κ2) is 5.61. The SMILES string of the molecule is CSCC(C)CN1CCCC(N)C1=O. The molecule has 0 aromatic heterocycles. The molecule has 0 aromatic rings. The first kappa shape index (κ1) is 11.9. The maximum Gasteiger partial charge on any atom is 0.239 e. The molecule has 0 aliphatic carbocycles. The first-order valence-electron chi connectivity index (χ1n) is 5.18. The van der Waals surface area contributed by atoms with Gasteiger partial charge in [0.1, 0.15) is 0 Å². The average Bonchev–Trinajstić information content (AvgIpc) is 2.13. The van der Waals surface area contributed by atoms with Gasteiger partial charge in [0, 0.05) is 13.1 Å². The van der Waals surface area contributed by atoms with Gasteiger partial charge in [0.2, 0.25) is 5.91 Å². The third kappa shape index (κ3) is 3.17. The number of carbonyl (C=O) groups excluding carboxylic acids is 1. The predicted molar refractivity (Wildman–Crippen MR) is 61.3 cm³/mol. The summed E-state index contributed by atoms with van der Waals surface area (Å²) in [6.45, 7) is 3.95. The van der Waals surface area contributed by atoms with E-state index in [9.17, 15) is 4.79 Å². The first-order valence-corrected chi connectivity index (χ1v) is 6.58. The second-order valence-electron chi connectivity index (χ2n) is 4.09. The van der Waals surface area contributed by atoms with Gasteiger partial charge in [0.25, 0.3) is 0 Å². The Balaban J connectivity index is 2.39. The van der Waals surface area contributed by atoms with Crippen LogP contribution in [0.15, 0.2) is 0 Å². The van der Waals surface area contributed by atoms with Crippen molar-refractivity contribution in [3.05, 3.63) is 0 Å². The molecule has 1 aliphatic rings. The minimum Gasteiger partial charge on any atom is -0.341 e. The molecular formula is C10H20N2OS. The summed E-state index contributed by atoms with van der Waals surface area (Å²) in [6.07, 6.45) is 4.01. The van der Waals surface area contributed by atoms with Crippen molar-refractivity contribution >= 4 is 17.7 Å². The van der Waals surface area contributed by atoms with Crippen LogP contribution in [0.4, 0.5) is 0 Å². The molecule has 0 aromatic carbocycles. The fourth-order valence-corrected chi connectivity index (χ4v) is 2.54. The van der Waals surface area contributed by atoms with Crippen molar-refractivity contribution in [2.45, 2.75) is 25.8 Å². The lowest BCUT2D eigenvalue weighted by molar-refractivity contribution is -0.135. The Morgan fingerprint density at radius 2 is 2.43 bits per heavy atom. The molecule has 1 rings (SSSR count). The lowest BCUT2D eigenvalue weighted by Gasteiger charge is -2.32. The van der Waals surface area contributed by atoms with Crippen molar-refractivity contribution in [2.24, 2.45) is 11.7 Å². The number of likely N-dealkylation sites (tertiary alicyclic amines) is 1. The number of thioether (sulfide) groups is 1. The van der Waals surface area contributed by atoms with Gasteiger partial charge in [-0.15, -0.1) is 0 Å². The molecule has 1 saturated heterocycles. The van der Waals surface area contributed by atoms with Crippen molar-refractivity contribution < 1.29 is 4.79 Å². The van der Waals surface area contributed by atoms with E-state index in [1.807, 2.05) is 16.7 Å². The molecule has 0 radical (unpaired) electrons. The first-order chi connectivity index (χ1) is 6.65. The van der Waals surface area contributed by atoms with Crippen LogP contribution in [-0.4, -0.2) is 41.9 Å². The number of hydrogen-bond acceptors (Lipinski definition) is 3. The summed E-state index contributed by atoms with van der Waals surface area (Å²) >= 11 is 1.83. The molecule has 2 N–H and O–H groups in total. The predicted octanol–water partition coefficient (Wildman–Crippen LogP) is 0.935. The maximum absolute atomic E-state index is 11.7. The normalized spacial score (nSPS) is 25.2. The van der Waals surface area contributed by atoms with Gasteiger partial charge >= 0.3 is 0 Å². The van der Waals surface area contributed by atoms with E-state index in [1.54, 1.807) is 0 Å². The Labute approximate surface area is 90.4 Å². The van der Waals surface area contributed by atoms with Crippen molar-refractivity contribution in [1.82, 2.24) is 4.90 Å². The second-order valence-corrected chi connectivity index (χ2v) is 5.00. The molecular weight excluding hydrogens is 196 g/mol. The van der Waals surface area contributed by atoms with Crippen LogP contribution in [0.2, 0.25) is 0 Å². The molecule has 2 unspecified atom stereocenters. The topological polar surface area (TPSA) is 46.3 Å². The van der Waals surface area contributed by atoms with E-state index in [0.29, 0.717) is 5.92 Å². The highest BCUT2D eigenvalue weighted by Gasteiger charge is 2.26. The Morgan fingerprint density at radius 1 is 1.71 bits per heavy atom. The van der Waals surface area contributed by atoms with E-state index in [1.165, 1.54) is 0 Å². The van der Waals surface area contributed by atoms with Crippen molar-refractivity contribution in [2.75, 3.05) is 25.1 Å². The molecule has 1 amide bonds. The molecule has 1 heterocycles. The number of piperidine rings is 1. The Kier molecular flexibility index (Phi) is 4.75. The van der Waals surface area contributed by atoms with Crippen LogP contribution in [0.3, 0.4) is 0 Å². The van der Waals surface area contributed by atoms with Crippen molar-refractivity contribution in [3.63, 3.8) is 0 Å². The van der Waals surface area contributed by atoms with E-state index < -0.39 is 0 Å². The lowest BCUT2D eigenvalue weighted by Crippen LogP contribution is -2.49. The third-order valence-corrected chi connectivity index (χ3v) is 3.46. The summed E-state index contributed by atoms with van der Waals surface area (Å²) in [5.74, 6) is 1.82. The van der Waals surface area contributed by atoms with Gasteiger partial charge < -0.3 is 10.6 Å². The zero-order valence-corrected chi connectivity index (χ0v) is 9.85. The monoisotopic (exact) mass is 216 g/mol. The molecule has 82 valence electrons. The third-order valence-electron chi connectivity index (χ3n) is 2.56. The van der Waals surface area contributed by atoms with Crippen LogP contribution in [0, 0.1) is 5.92 Å². The molecule has 0 spiro atoms. The molecule has 0 bridgehead atoms. The van der Waals surface area contributed by atoms with Crippen LogP contribution in [0.1, 0.15) is 19.8 Å². The maximum atomic E-state index is 11.7. The summed E-state index contributed by atoms with van der Waals surface area (Å²) in [5.41, 5.74) is 5.72. The highest BCUT2D eigenvalue weighted by Crippen LogP contribution is 2.13.